The van der Waals surface area contributed by atoms with Crippen LogP contribution in [-0.4, -0.2) is 22.5 Å². The predicted octanol–water partition coefficient (Wildman–Crippen LogP) is 2.89. The van der Waals surface area contributed by atoms with Crippen LogP contribution < -0.4 is 0 Å². The van der Waals surface area contributed by atoms with E-state index in [0.717, 1.165) is 21.8 Å². The van der Waals surface area contributed by atoms with Crippen LogP contribution in [0.2, 0.25) is 0 Å². The molecule has 90 valence electrons. The van der Waals surface area contributed by atoms with Gasteiger partial charge in [0.05, 0.1) is 12.2 Å². The topological polar surface area (TPSA) is 55.0 Å². The molecule has 4 nitrogen and oxygen atoms in total. The number of pyridine rings is 1. The second-order valence-corrected chi connectivity index (χ2v) is 4.03. The van der Waals surface area contributed by atoms with Gasteiger partial charge < -0.3 is 9.72 Å². The normalized spacial score (nSPS) is 10.9. The zero-order valence-corrected chi connectivity index (χ0v) is 9.93. The van der Waals surface area contributed by atoms with Crippen LogP contribution in [0.1, 0.15) is 17.3 Å². The summed E-state index contributed by atoms with van der Waals surface area (Å²) in [6.07, 6.45) is 3.56. The zero-order chi connectivity index (χ0) is 12.5. The van der Waals surface area contributed by atoms with Gasteiger partial charge in [-0.1, -0.05) is 6.07 Å². The Morgan fingerprint density at radius 1 is 1.28 bits per heavy atom. The number of esters is 1. The standard InChI is InChI=1S/C14H12N2O2/c1-2-18-14(17)9-3-4-10-11-8-15-6-5-12(11)16-13(10)7-9/h3-8,16H,2H2,1H3. The van der Waals surface area contributed by atoms with Gasteiger partial charge in [-0.15, -0.1) is 0 Å². The first-order valence-corrected chi connectivity index (χ1v) is 5.82. The number of nitrogens with zero attached hydrogens (tertiary/aromatic N) is 1. The molecule has 3 aromatic rings. The molecular formula is C14H12N2O2. The highest BCUT2D eigenvalue weighted by Gasteiger charge is 2.09. The van der Waals surface area contributed by atoms with Crippen molar-refractivity contribution < 1.29 is 9.53 Å². The van der Waals surface area contributed by atoms with E-state index < -0.39 is 0 Å². The third-order valence-corrected chi connectivity index (χ3v) is 2.91. The number of carbonyl (C=O) groups excluding carboxylic acids is 1. The summed E-state index contributed by atoms with van der Waals surface area (Å²) in [6, 6.07) is 7.43. The van der Waals surface area contributed by atoms with E-state index in [1.807, 2.05) is 24.4 Å². The number of aromatic nitrogens is 2. The van der Waals surface area contributed by atoms with Gasteiger partial charge >= 0.3 is 5.97 Å². The van der Waals surface area contributed by atoms with Crippen LogP contribution in [0.4, 0.5) is 0 Å². The van der Waals surface area contributed by atoms with Crippen molar-refractivity contribution in [3.63, 3.8) is 0 Å². The Hall–Kier alpha value is -2.36. The molecule has 0 aliphatic rings. The third kappa shape index (κ3) is 1.62. The van der Waals surface area contributed by atoms with Crippen LogP contribution in [-0.2, 0) is 4.74 Å². The van der Waals surface area contributed by atoms with E-state index >= 15 is 0 Å². The average Bonchev–Trinajstić information content (AvgIpc) is 2.76. The first-order chi connectivity index (χ1) is 8.79. The van der Waals surface area contributed by atoms with Crippen molar-refractivity contribution in [3.05, 3.63) is 42.2 Å². The minimum atomic E-state index is -0.295. The fourth-order valence-electron chi connectivity index (χ4n) is 2.09. The van der Waals surface area contributed by atoms with Crippen molar-refractivity contribution in [3.8, 4) is 0 Å². The molecule has 0 fully saturated rings. The molecule has 0 aliphatic carbocycles. The Labute approximate surface area is 104 Å². The first-order valence-electron chi connectivity index (χ1n) is 5.82. The van der Waals surface area contributed by atoms with Gasteiger partial charge in [-0.25, -0.2) is 4.79 Å². The van der Waals surface area contributed by atoms with Gasteiger partial charge in [0.2, 0.25) is 0 Å². The van der Waals surface area contributed by atoms with E-state index in [2.05, 4.69) is 9.97 Å². The predicted molar refractivity (Wildman–Crippen MR) is 69.6 cm³/mol. The van der Waals surface area contributed by atoms with Gasteiger partial charge in [-0.05, 0) is 25.1 Å². The van der Waals surface area contributed by atoms with Gasteiger partial charge in [0.1, 0.15) is 0 Å². The maximum absolute atomic E-state index is 11.7. The second-order valence-electron chi connectivity index (χ2n) is 4.03. The summed E-state index contributed by atoms with van der Waals surface area (Å²) in [4.78, 5) is 19.0. The summed E-state index contributed by atoms with van der Waals surface area (Å²) in [5.74, 6) is -0.295. The van der Waals surface area contributed by atoms with E-state index in [1.165, 1.54) is 0 Å². The minimum Gasteiger partial charge on any atom is -0.462 e. The molecule has 0 bridgehead atoms. The Morgan fingerprint density at radius 2 is 2.17 bits per heavy atom. The van der Waals surface area contributed by atoms with Gasteiger partial charge in [-0.3, -0.25) is 4.98 Å². The molecule has 1 N–H and O–H groups in total. The molecule has 2 aromatic heterocycles. The number of hydrogen-bond acceptors (Lipinski definition) is 3. The summed E-state index contributed by atoms with van der Waals surface area (Å²) in [5, 5.41) is 2.12. The summed E-state index contributed by atoms with van der Waals surface area (Å²) in [6.45, 7) is 2.18. The van der Waals surface area contributed by atoms with Crippen molar-refractivity contribution in [2.45, 2.75) is 6.92 Å². The first kappa shape index (κ1) is 10.8. The number of aromatic amines is 1. The molecule has 0 saturated heterocycles. The van der Waals surface area contributed by atoms with Crippen LogP contribution in [0.5, 0.6) is 0 Å². The van der Waals surface area contributed by atoms with Crippen LogP contribution in [0.25, 0.3) is 21.8 Å². The highest BCUT2D eigenvalue weighted by Crippen LogP contribution is 2.25. The molecule has 18 heavy (non-hydrogen) atoms. The van der Waals surface area contributed by atoms with Crippen LogP contribution >= 0.6 is 0 Å². The smallest absolute Gasteiger partial charge is 0.338 e. The molecule has 1 aromatic carbocycles. The third-order valence-electron chi connectivity index (χ3n) is 2.91. The lowest BCUT2D eigenvalue weighted by molar-refractivity contribution is 0.0526. The molecule has 4 heteroatoms. The second kappa shape index (κ2) is 4.14. The average molecular weight is 240 g/mol. The summed E-state index contributed by atoms with van der Waals surface area (Å²) in [5.41, 5.74) is 2.49. The largest absolute Gasteiger partial charge is 0.462 e. The van der Waals surface area contributed by atoms with Crippen LogP contribution in [0, 0.1) is 0 Å². The maximum Gasteiger partial charge on any atom is 0.338 e. The molecule has 0 spiro atoms. The summed E-state index contributed by atoms with van der Waals surface area (Å²) >= 11 is 0. The lowest BCUT2D eigenvalue weighted by Crippen LogP contribution is -2.03. The van der Waals surface area contributed by atoms with E-state index in [-0.39, 0.29) is 5.97 Å². The van der Waals surface area contributed by atoms with Gasteiger partial charge in [0.15, 0.2) is 0 Å². The monoisotopic (exact) mass is 240 g/mol. The SMILES string of the molecule is CCOC(=O)c1ccc2c(c1)[nH]c1ccncc12. The molecule has 3 rings (SSSR count). The Morgan fingerprint density at radius 3 is 3.00 bits per heavy atom. The number of hydrogen-bond donors (Lipinski definition) is 1. The molecule has 0 amide bonds. The number of carbonyl (C=O) groups is 1. The van der Waals surface area contributed by atoms with E-state index in [1.54, 1.807) is 19.2 Å². The number of rotatable bonds is 2. The van der Waals surface area contributed by atoms with Crippen molar-refractivity contribution in [1.82, 2.24) is 9.97 Å². The number of ether oxygens (including phenoxy) is 1. The molecule has 2 heterocycles. The summed E-state index contributed by atoms with van der Waals surface area (Å²) < 4.78 is 4.99. The number of fused-ring (bicyclic) bond motifs is 3. The Kier molecular flexibility index (Phi) is 2.48. The Balaban J connectivity index is 2.18. The van der Waals surface area contributed by atoms with Crippen LogP contribution in [0.3, 0.4) is 0 Å². The van der Waals surface area contributed by atoms with E-state index in [9.17, 15) is 4.79 Å². The van der Waals surface area contributed by atoms with Crippen molar-refractivity contribution in [2.24, 2.45) is 0 Å². The molecule has 0 aliphatic heterocycles. The lowest BCUT2D eigenvalue weighted by Gasteiger charge is -2.01. The van der Waals surface area contributed by atoms with Gasteiger partial charge in [-0.2, -0.15) is 0 Å². The maximum atomic E-state index is 11.7. The fourth-order valence-corrected chi connectivity index (χ4v) is 2.09. The molecule has 0 saturated carbocycles. The van der Waals surface area contributed by atoms with Gasteiger partial charge in [0.25, 0.3) is 0 Å². The fraction of sp³-hybridized carbons (Fsp3) is 0.143. The highest BCUT2D eigenvalue weighted by atomic mass is 16.5. The summed E-state index contributed by atoms with van der Waals surface area (Å²) in [7, 11) is 0. The van der Waals surface area contributed by atoms with Crippen molar-refractivity contribution >= 4 is 27.8 Å². The number of nitrogens with one attached hydrogen (secondary N) is 1. The molecule has 0 atom stereocenters. The van der Waals surface area contributed by atoms with Gasteiger partial charge in [0, 0.05) is 34.2 Å². The highest BCUT2D eigenvalue weighted by molar-refractivity contribution is 6.08. The number of H-pyrrole nitrogens is 1. The number of benzene rings is 1. The molecule has 0 radical (unpaired) electrons. The minimum absolute atomic E-state index is 0.295. The quantitative estimate of drug-likeness (QED) is 0.701. The lowest BCUT2D eigenvalue weighted by atomic mass is 10.1. The van der Waals surface area contributed by atoms with Crippen LogP contribution in [0.15, 0.2) is 36.7 Å². The molecule has 0 unspecified atom stereocenters. The molecular weight excluding hydrogens is 228 g/mol. The zero-order valence-electron chi connectivity index (χ0n) is 9.93. The van der Waals surface area contributed by atoms with Crippen molar-refractivity contribution in [1.29, 1.82) is 0 Å². The van der Waals surface area contributed by atoms with E-state index in [0.29, 0.717) is 12.2 Å². The van der Waals surface area contributed by atoms with E-state index in [4.69, 9.17) is 4.74 Å². The Bertz CT molecular complexity index is 731. The van der Waals surface area contributed by atoms with Crippen molar-refractivity contribution in [2.75, 3.05) is 6.61 Å².